The van der Waals surface area contributed by atoms with Gasteiger partial charge in [0.1, 0.15) is 5.75 Å². The van der Waals surface area contributed by atoms with Crippen molar-refractivity contribution < 1.29 is 9.90 Å². The fourth-order valence-electron chi connectivity index (χ4n) is 2.77. The molecule has 1 aromatic carbocycles. The smallest absolute Gasteiger partial charge is 0.251 e. The fourth-order valence-corrected chi connectivity index (χ4v) is 2.77. The molecule has 0 atom stereocenters. The number of likely N-dealkylation sites (tertiary alicyclic amines) is 1. The van der Waals surface area contributed by atoms with Crippen LogP contribution in [0.15, 0.2) is 29.3 Å². The number of halogens is 1. The van der Waals surface area contributed by atoms with Gasteiger partial charge >= 0.3 is 0 Å². The first-order valence-corrected chi connectivity index (χ1v) is 8.52. The molecule has 0 bridgehead atoms. The van der Waals surface area contributed by atoms with E-state index in [0.717, 1.165) is 32.0 Å². The van der Waals surface area contributed by atoms with Gasteiger partial charge in [0.25, 0.3) is 5.91 Å². The highest BCUT2D eigenvalue weighted by Crippen LogP contribution is 2.28. The van der Waals surface area contributed by atoms with Gasteiger partial charge in [0.15, 0.2) is 5.96 Å². The summed E-state index contributed by atoms with van der Waals surface area (Å²) in [6, 6.07) is 6.21. The number of guanidine groups is 1. The number of rotatable bonds is 5. The first-order valence-electron chi connectivity index (χ1n) is 8.52. The number of aliphatic imine (C=N–C) groups is 1. The van der Waals surface area contributed by atoms with Crippen LogP contribution in [-0.4, -0.2) is 54.6 Å². The minimum absolute atomic E-state index is 0. The second kappa shape index (κ2) is 9.84. The molecule has 1 fully saturated rings. The van der Waals surface area contributed by atoms with Gasteiger partial charge < -0.3 is 20.6 Å². The third-order valence-corrected chi connectivity index (χ3v) is 4.10. The van der Waals surface area contributed by atoms with Crippen molar-refractivity contribution in [3.8, 4) is 5.75 Å². The Bertz CT molecular complexity index is 587. The van der Waals surface area contributed by atoms with Crippen molar-refractivity contribution in [3.63, 3.8) is 0 Å². The molecule has 0 spiro atoms. The molecule has 0 radical (unpaired) electrons. The minimum Gasteiger partial charge on any atom is -0.508 e. The van der Waals surface area contributed by atoms with Gasteiger partial charge in [-0.15, -0.1) is 24.0 Å². The van der Waals surface area contributed by atoms with Crippen LogP contribution >= 0.6 is 24.0 Å². The van der Waals surface area contributed by atoms with E-state index in [-0.39, 0.29) is 35.6 Å². The SMILES string of the molecule is CCNC(=NCCNC(=O)c1ccc(O)cc1)N1CCC(C)(C)C1.I. The summed E-state index contributed by atoms with van der Waals surface area (Å²) < 4.78 is 0. The lowest BCUT2D eigenvalue weighted by Crippen LogP contribution is -2.41. The molecule has 1 saturated heterocycles. The van der Waals surface area contributed by atoms with E-state index in [1.54, 1.807) is 12.1 Å². The van der Waals surface area contributed by atoms with Crippen molar-refractivity contribution in [2.75, 3.05) is 32.7 Å². The second-order valence-electron chi connectivity index (χ2n) is 6.87. The quantitative estimate of drug-likeness (QED) is 0.273. The predicted octanol–water partition coefficient (Wildman–Crippen LogP) is 2.44. The zero-order valence-electron chi connectivity index (χ0n) is 15.2. The molecule has 1 aliphatic heterocycles. The van der Waals surface area contributed by atoms with Crippen LogP contribution in [-0.2, 0) is 0 Å². The Morgan fingerprint density at radius 3 is 2.52 bits per heavy atom. The molecule has 0 saturated carbocycles. The van der Waals surface area contributed by atoms with Crippen LogP contribution in [0.5, 0.6) is 5.75 Å². The summed E-state index contributed by atoms with van der Waals surface area (Å²) in [5, 5.41) is 15.4. The zero-order chi connectivity index (χ0) is 17.6. The molecule has 0 aliphatic carbocycles. The van der Waals surface area contributed by atoms with E-state index < -0.39 is 0 Å². The molecule has 6 nitrogen and oxygen atoms in total. The number of aromatic hydroxyl groups is 1. The Morgan fingerprint density at radius 2 is 1.96 bits per heavy atom. The number of hydrogen-bond donors (Lipinski definition) is 3. The Morgan fingerprint density at radius 1 is 1.28 bits per heavy atom. The fraction of sp³-hybridized carbons (Fsp3) is 0.556. The number of nitrogens with one attached hydrogen (secondary N) is 2. The van der Waals surface area contributed by atoms with E-state index in [4.69, 9.17) is 0 Å². The normalized spacial score (nSPS) is 16.3. The van der Waals surface area contributed by atoms with Crippen molar-refractivity contribution in [3.05, 3.63) is 29.8 Å². The number of phenolic OH excluding ortho intramolecular Hbond substituents is 1. The predicted molar refractivity (Wildman–Crippen MR) is 112 cm³/mol. The third-order valence-electron chi connectivity index (χ3n) is 4.10. The van der Waals surface area contributed by atoms with E-state index >= 15 is 0 Å². The van der Waals surface area contributed by atoms with Crippen molar-refractivity contribution in [1.82, 2.24) is 15.5 Å². The number of phenols is 1. The Kier molecular flexibility index (Phi) is 8.47. The van der Waals surface area contributed by atoms with Gasteiger partial charge in [-0.1, -0.05) is 13.8 Å². The van der Waals surface area contributed by atoms with Gasteiger partial charge in [0.2, 0.25) is 0 Å². The van der Waals surface area contributed by atoms with E-state index in [1.807, 2.05) is 0 Å². The minimum atomic E-state index is -0.155. The number of amides is 1. The summed E-state index contributed by atoms with van der Waals surface area (Å²) in [5.74, 6) is 0.916. The molecule has 3 N–H and O–H groups in total. The van der Waals surface area contributed by atoms with E-state index in [2.05, 4.69) is 41.3 Å². The number of benzene rings is 1. The average molecular weight is 460 g/mol. The largest absolute Gasteiger partial charge is 0.508 e. The van der Waals surface area contributed by atoms with Gasteiger partial charge in [-0.3, -0.25) is 9.79 Å². The molecule has 1 aliphatic rings. The molecule has 1 amide bonds. The van der Waals surface area contributed by atoms with Crippen molar-refractivity contribution in [1.29, 1.82) is 0 Å². The maximum Gasteiger partial charge on any atom is 0.251 e. The molecule has 1 aromatic rings. The Labute approximate surface area is 167 Å². The highest BCUT2D eigenvalue weighted by Gasteiger charge is 2.30. The van der Waals surface area contributed by atoms with Gasteiger partial charge in [0.05, 0.1) is 6.54 Å². The lowest BCUT2D eigenvalue weighted by molar-refractivity contribution is 0.0955. The van der Waals surface area contributed by atoms with Crippen molar-refractivity contribution in [2.24, 2.45) is 10.4 Å². The van der Waals surface area contributed by atoms with Crippen LogP contribution < -0.4 is 10.6 Å². The molecule has 25 heavy (non-hydrogen) atoms. The average Bonchev–Trinajstić information content (AvgIpc) is 2.90. The topological polar surface area (TPSA) is 77.0 Å². The highest BCUT2D eigenvalue weighted by atomic mass is 127. The maximum atomic E-state index is 12.0. The first-order chi connectivity index (χ1) is 11.4. The van der Waals surface area contributed by atoms with Crippen LogP contribution in [0.3, 0.4) is 0 Å². The van der Waals surface area contributed by atoms with Gasteiger partial charge in [0, 0.05) is 31.7 Å². The molecule has 0 unspecified atom stereocenters. The first kappa shape index (κ1) is 21.5. The standard InChI is InChI=1S/C18H28N4O2.HI/c1-4-19-17(22-12-9-18(2,3)13-22)21-11-10-20-16(24)14-5-7-15(23)8-6-14;/h5-8,23H,4,9-13H2,1-3H3,(H,19,21)(H,20,24);1H. The Balaban J connectivity index is 0.00000312. The number of hydrogen-bond acceptors (Lipinski definition) is 3. The Hall–Kier alpha value is -1.51. The molecule has 2 rings (SSSR count). The van der Waals surface area contributed by atoms with Crippen LogP contribution in [0.4, 0.5) is 0 Å². The summed E-state index contributed by atoms with van der Waals surface area (Å²) in [5.41, 5.74) is 0.855. The van der Waals surface area contributed by atoms with E-state index in [1.165, 1.54) is 12.1 Å². The van der Waals surface area contributed by atoms with Crippen molar-refractivity contribution in [2.45, 2.75) is 27.2 Å². The number of nitrogens with zero attached hydrogens (tertiary/aromatic N) is 2. The van der Waals surface area contributed by atoms with Crippen LogP contribution in [0.1, 0.15) is 37.6 Å². The second-order valence-corrected chi connectivity index (χ2v) is 6.87. The lowest BCUT2D eigenvalue weighted by Gasteiger charge is -2.23. The van der Waals surface area contributed by atoms with Crippen LogP contribution in [0, 0.1) is 5.41 Å². The molecule has 0 aromatic heterocycles. The summed E-state index contributed by atoms with van der Waals surface area (Å²) >= 11 is 0. The van der Waals surface area contributed by atoms with Gasteiger partial charge in [-0.2, -0.15) is 0 Å². The van der Waals surface area contributed by atoms with Crippen LogP contribution in [0.25, 0.3) is 0 Å². The monoisotopic (exact) mass is 460 g/mol. The number of carbonyl (C=O) groups is 1. The van der Waals surface area contributed by atoms with E-state index in [0.29, 0.717) is 24.1 Å². The maximum absolute atomic E-state index is 12.0. The zero-order valence-corrected chi connectivity index (χ0v) is 17.5. The van der Waals surface area contributed by atoms with Crippen LogP contribution in [0.2, 0.25) is 0 Å². The summed E-state index contributed by atoms with van der Waals surface area (Å²) in [7, 11) is 0. The molecule has 7 heteroatoms. The third kappa shape index (κ3) is 6.72. The van der Waals surface area contributed by atoms with Gasteiger partial charge in [-0.05, 0) is 43.0 Å². The lowest BCUT2D eigenvalue weighted by atomic mass is 9.93. The summed E-state index contributed by atoms with van der Waals surface area (Å²) in [6.45, 7) is 10.5. The van der Waals surface area contributed by atoms with E-state index in [9.17, 15) is 9.90 Å². The summed E-state index contributed by atoms with van der Waals surface area (Å²) in [6.07, 6.45) is 1.16. The molecular weight excluding hydrogens is 431 g/mol. The van der Waals surface area contributed by atoms with Gasteiger partial charge in [-0.25, -0.2) is 0 Å². The number of carbonyl (C=O) groups excluding carboxylic acids is 1. The highest BCUT2D eigenvalue weighted by molar-refractivity contribution is 14.0. The summed E-state index contributed by atoms with van der Waals surface area (Å²) in [4.78, 5) is 18.9. The molecule has 140 valence electrons. The van der Waals surface area contributed by atoms with Crippen molar-refractivity contribution >= 4 is 35.8 Å². The molecular formula is C18H29IN4O2. The molecule has 1 heterocycles.